The highest BCUT2D eigenvalue weighted by atomic mass is 35.5. The second-order valence-electron chi connectivity index (χ2n) is 3.67. The quantitative estimate of drug-likeness (QED) is 0.629. The van der Waals surface area contributed by atoms with E-state index in [1.165, 1.54) is 12.3 Å². The van der Waals surface area contributed by atoms with Gasteiger partial charge in [0.25, 0.3) is 5.69 Å². The maximum atomic E-state index is 10.5. The fourth-order valence-corrected chi connectivity index (χ4v) is 1.61. The van der Waals surface area contributed by atoms with Crippen molar-refractivity contribution in [2.24, 2.45) is 0 Å². The van der Waals surface area contributed by atoms with Crippen LogP contribution in [0.4, 0.5) is 17.2 Å². The molecule has 0 N–H and O–H groups in total. The molecule has 2 rings (SSSR count). The Morgan fingerprint density at radius 3 is 2.39 bits per heavy atom. The lowest BCUT2D eigenvalue weighted by Gasteiger charge is -2.17. The third-order valence-electron chi connectivity index (χ3n) is 2.50. The Labute approximate surface area is 109 Å². The highest BCUT2D eigenvalue weighted by Crippen LogP contribution is 2.24. The fourth-order valence-electron chi connectivity index (χ4n) is 1.48. The molecule has 0 aliphatic heterocycles. The van der Waals surface area contributed by atoms with Gasteiger partial charge in [-0.3, -0.25) is 10.1 Å². The summed E-state index contributed by atoms with van der Waals surface area (Å²) in [7, 11) is 1.83. The predicted octanol–water partition coefficient (Wildman–Crippen LogP) is 3.41. The Morgan fingerprint density at radius 2 is 1.89 bits per heavy atom. The highest BCUT2D eigenvalue weighted by Gasteiger charge is 2.09. The molecule has 1 aromatic carbocycles. The third kappa shape index (κ3) is 2.57. The van der Waals surface area contributed by atoms with E-state index in [1.807, 2.05) is 24.1 Å². The van der Waals surface area contributed by atoms with Crippen LogP contribution in [0.2, 0.25) is 5.02 Å². The topological polar surface area (TPSA) is 59.3 Å². The van der Waals surface area contributed by atoms with Gasteiger partial charge in [0, 0.05) is 23.8 Å². The average Bonchev–Trinajstić information content (AvgIpc) is 2.39. The minimum Gasteiger partial charge on any atom is -0.329 e. The molecule has 0 radical (unpaired) electrons. The molecule has 0 unspecified atom stereocenters. The molecule has 2 aromatic rings. The summed E-state index contributed by atoms with van der Waals surface area (Å²) in [5, 5.41) is 11.2. The summed E-state index contributed by atoms with van der Waals surface area (Å²) >= 11 is 5.81. The Morgan fingerprint density at radius 1 is 1.22 bits per heavy atom. The van der Waals surface area contributed by atoms with Crippen molar-refractivity contribution in [2.75, 3.05) is 11.9 Å². The zero-order valence-electron chi connectivity index (χ0n) is 9.58. The van der Waals surface area contributed by atoms with Crippen LogP contribution in [0.3, 0.4) is 0 Å². The molecule has 1 aromatic heterocycles. The number of aromatic nitrogens is 1. The summed E-state index contributed by atoms with van der Waals surface area (Å²) in [6.07, 6.45) is 1.24. The molecule has 0 aliphatic carbocycles. The summed E-state index contributed by atoms with van der Waals surface area (Å²) in [6.45, 7) is 0. The Hall–Kier alpha value is -2.14. The van der Waals surface area contributed by atoms with Crippen molar-refractivity contribution in [3.8, 4) is 0 Å². The molecular formula is C12H10ClN3O2. The molecule has 0 aliphatic rings. The SMILES string of the molecule is CN(c1ccc(Cl)cc1)c1ccc([N+](=O)[O-])cn1. The molecular weight excluding hydrogens is 254 g/mol. The number of rotatable bonds is 3. The molecule has 0 fully saturated rings. The number of hydrogen-bond acceptors (Lipinski definition) is 4. The first kappa shape index (κ1) is 12.3. The molecule has 0 spiro atoms. The van der Waals surface area contributed by atoms with E-state index in [-0.39, 0.29) is 5.69 Å². The monoisotopic (exact) mass is 263 g/mol. The molecule has 92 valence electrons. The van der Waals surface area contributed by atoms with Gasteiger partial charge < -0.3 is 4.90 Å². The summed E-state index contributed by atoms with van der Waals surface area (Å²) in [4.78, 5) is 15.9. The van der Waals surface area contributed by atoms with Gasteiger partial charge in [0.15, 0.2) is 0 Å². The number of halogens is 1. The largest absolute Gasteiger partial charge is 0.329 e. The minimum absolute atomic E-state index is 0.0248. The zero-order valence-corrected chi connectivity index (χ0v) is 10.3. The highest BCUT2D eigenvalue weighted by molar-refractivity contribution is 6.30. The Bertz CT molecular complexity index is 555. The van der Waals surface area contributed by atoms with Crippen molar-refractivity contribution < 1.29 is 4.92 Å². The van der Waals surface area contributed by atoms with Gasteiger partial charge in [-0.05, 0) is 30.3 Å². The molecule has 18 heavy (non-hydrogen) atoms. The van der Waals surface area contributed by atoms with Gasteiger partial charge in [0.05, 0.1) is 4.92 Å². The van der Waals surface area contributed by atoms with Gasteiger partial charge in [0.2, 0.25) is 0 Å². The molecule has 0 amide bonds. The first-order valence-corrected chi connectivity index (χ1v) is 5.55. The van der Waals surface area contributed by atoms with Gasteiger partial charge in [0.1, 0.15) is 12.0 Å². The maximum absolute atomic E-state index is 10.5. The second kappa shape index (κ2) is 5.01. The number of anilines is 2. The van der Waals surface area contributed by atoms with Crippen LogP contribution in [0.15, 0.2) is 42.6 Å². The lowest BCUT2D eigenvalue weighted by molar-refractivity contribution is -0.385. The van der Waals surface area contributed by atoms with E-state index in [2.05, 4.69) is 4.98 Å². The molecule has 6 heteroatoms. The van der Waals surface area contributed by atoms with Crippen molar-refractivity contribution in [3.63, 3.8) is 0 Å². The molecule has 0 atom stereocenters. The minimum atomic E-state index is -0.473. The van der Waals surface area contributed by atoms with Gasteiger partial charge in [-0.1, -0.05) is 11.6 Å². The maximum Gasteiger partial charge on any atom is 0.287 e. The molecule has 5 nitrogen and oxygen atoms in total. The number of nitro groups is 1. The lowest BCUT2D eigenvalue weighted by Crippen LogP contribution is -2.10. The van der Waals surface area contributed by atoms with Crippen LogP contribution in [-0.4, -0.2) is 17.0 Å². The average molecular weight is 264 g/mol. The molecule has 0 saturated carbocycles. The summed E-state index contributed by atoms with van der Waals surface area (Å²) < 4.78 is 0. The van der Waals surface area contributed by atoms with E-state index in [4.69, 9.17) is 11.6 Å². The summed E-state index contributed by atoms with van der Waals surface area (Å²) in [5.41, 5.74) is 0.879. The molecule has 1 heterocycles. The van der Waals surface area contributed by atoms with Crippen molar-refractivity contribution in [1.29, 1.82) is 0 Å². The van der Waals surface area contributed by atoms with Crippen LogP contribution in [0.5, 0.6) is 0 Å². The normalized spacial score (nSPS) is 10.1. The Kier molecular flexibility index (Phi) is 3.43. The standard InChI is InChI=1S/C12H10ClN3O2/c1-15(10-4-2-9(13)3-5-10)12-7-6-11(8-14-12)16(17)18/h2-8H,1H3. The number of hydrogen-bond donors (Lipinski definition) is 0. The van der Waals surface area contributed by atoms with Crippen LogP contribution in [0.25, 0.3) is 0 Å². The van der Waals surface area contributed by atoms with Crippen molar-refractivity contribution in [2.45, 2.75) is 0 Å². The van der Waals surface area contributed by atoms with E-state index in [0.717, 1.165) is 5.69 Å². The smallest absolute Gasteiger partial charge is 0.287 e. The molecule has 0 bridgehead atoms. The van der Waals surface area contributed by atoms with Crippen LogP contribution >= 0.6 is 11.6 Å². The number of benzene rings is 1. The van der Waals surface area contributed by atoms with Crippen LogP contribution in [-0.2, 0) is 0 Å². The van der Waals surface area contributed by atoms with Crippen molar-refractivity contribution in [1.82, 2.24) is 4.98 Å². The van der Waals surface area contributed by atoms with Gasteiger partial charge in [-0.15, -0.1) is 0 Å². The second-order valence-corrected chi connectivity index (χ2v) is 4.10. The van der Waals surface area contributed by atoms with Crippen LogP contribution in [0.1, 0.15) is 0 Å². The van der Waals surface area contributed by atoms with Gasteiger partial charge in [-0.25, -0.2) is 4.98 Å². The summed E-state index contributed by atoms with van der Waals surface area (Å²) in [5.74, 6) is 0.628. The van der Waals surface area contributed by atoms with Crippen molar-refractivity contribution in [3.05, 3.63) is 57.7 Å². The first-order chi connectivity index (χ1) is 8.58. The van der Waals surface area contributed by atoms with E-state index < -0.39 is 4.92 Å². The van der Waals surface area contributed by atoms with Crippen LogP contribution < -0.4 is 4.90 Å². The van der Waals surface area contributed by atoms with Gasteiger partial charge in [-0.2, -0.15) is 0 Å². The van der Waals surface area contributed by atoms with E-state index in [9.17, 15) is 10.1 Å². The van der Waals surface area contributed by atoms with Crippen molar-refractivity contribution >= 4 is 28.8 Å². The fraction of sp³-hybridized carbons (Fsp3) is 0.0833. The predicted molar refractivity (Wildman–Crippen MR) is 70.4 cm³/mol. The lowest BCUT2D eigenvalue weighted by atomic mass is 10.3. The number of nitrogens with zero attached hydrogens (tertiary/aromatic N) is 3. The van der Waals surface area contributed by atoms with Gasteiger partial charge >= 0.3 is 0 Å². The zero-order chi connectivity index (χ0) is 13.1. The third-order valence-corrected chi connectivity index (χ3v) is 2.75. The van der Waals surface area contributed by atoms with E-state index in [1.54, 1.807) is 18.2 Å². The van der Waals surface area contributed by atoms with E-state index in [0.29, 0.717) is 10.8 Å². The van der Waals surface area contributed by atoms with E-state index >= 15 is 0 Å². The first-order valence-electron chi connectivity index (χ1n) is 5.17. The molecule has 0 saturated heterocycles. The van der Waals surface area contributed by atoms with Crippen LogP contribution in [0, 0.1) is 10.1 Å². The number of pyridine rings is 1. The Balaban J connectivity index is 2.25. The summed E-state index contributed by atoms with van der Waals surface area (Å²) in [6, 6.07) is 10.3.